The van der Waals surface area contributed by atoms with E-state index in [9.17, 15) is 5.11 Å². The Morgan fingerprint density at radius 2 is 1.94 bits per heavy atom. The van der Waals surface area contributed by atoms with Crippen LogP contribution in [0, 0.1) is 0 Å². The van der Waals surface area contributed by atoms with E-state index >= 15 is 0 Å². The first kappa shape index (κ1) is 23.2. The van der Waals surface area contributed by atoms with Crippen LogP contribution in [0.1, 0.15) is 25.3 Å². The quantitative estimate of drug-likeness (QED) is 0.322. The molecule has 4 aromatic rings. The average Bonchev–Trinajstić information content (AvgIpc) is 3.35. The van der Waals surface area contributed by atoms with E-state index in [2.05, 4.69) is 51.5 Å². The molecule has 33 heavy (non-hydrogen) atoms. The maximum absolute atomic E-state index is 9.53. The van der Waals surface area contributed by atoms with Crippen molar-refractivity contribution in [2.75, 3.05) is 25.0 Å². The number of nitrogens with zero attached hydrogens (tertiary/aromatic N) is 4. The summed E-state index contributed by atoms with van der Waals surface area (Å²) in [5.74, 6) is 0. The van der Waals surface area contributed by atoms with Gasteiger partial charge in [0.15, 0.2) is 0 Å². The second kappa shape index (κ2) is 11.3. The van der Waals surface area contributed by atoms with Gasteiger partial charge in [-0.25, -0.2) is 4.68 Å². The van der Waals surface area contributed by atoms with Crippen molar-refractivity contribution in [1.29, 1.82) is 0 Å². The Labute approximate surface area is 199 Å². The number of hydrogen-bond acceptors (Lipinski definition) is 5. The van der Waals surface area contributed by atoms with Gasteiger partial charge in [0.25, 0.3) is 0 Å². The first-order valence-electron chi connectivity index (χ1n) is 11.4. The molecule has 4 rings (SSSR count). The topological polar surface area (TPSA) is 66.2 Å². The highest BCUT2D eigenvalue weighted by molar-refractivity contribution is 6.31. The molecule has 0 saturated carbocycles. The summed E-state index contributed by atoms with van der Waals surface area (Å²) in [4.78, 5) is 6.72. The van der Waals surface area contributed by atoms with E-state index in [0.717, 1.165) is 48.2 Å². The molecule has 7 heteroatoms. The Bertz CT molecular complexity index is 1150. The molecule has 2 aromatic heterocycles. The molecule has 0 spiro atoms. The average molecular weight is 464 g/mol. The van der Waals surface area contributed by atoms with Gasteiger partial charge in [-0.3, -0.25) is 9.88 Å². The number of aromatic nitrogens is 3. The number of benzene rings is 2. The molecule has 1 atom stereocenters. The summed E-state index contributed by atoms with van der Waals surface area (Å²) in [5, 5.41) is 19.2. The third-order valence-corrected chi connectivity index (χ3v) is 5.98. The van der Waals surface area contributed by atoms with Crippen LogP contribution in [-0.4, -0.2) is 50.5 Å². The van der Waals surface area contributed by atoms with Gasteiger partial charge in [-0.15, -0.1) is 0 Å². The molecule has 0 aliphatic rings. The number of nitrogens with one attached hydrogen (secondary N) is 1. The van der Waals surface area contributed by atoms with E-state index in [1.807, 2.05) is 47.4 Å². The highest BCUT2D eigenvalue weighted by Gasteiger charge is 2.10. The number of rotatable bonds is 11. The van der Waals surface area contributed by atoms with Crippen molar-refractivity contribution in [1.82, 2.24) is 19.7 Å². The number of fused-ring (bicyclic) bond motifs is 1. The fourth-order valence-corrected chi connectivity index (χ4v) is 4.22. The molecule has 0 fully saturated rings. The lowest BCUT2D eigenvalue weighted by atomic mass is 10.1. The zero-order valence-corrected chi connectivity index (χ0v) is 19.6. The van der Waals surface area contributed by atoms with Crippen LogP contribution in [0.15, 0.2) is 73.2 Å². The maximum Gasteiger partial charge on any atom is 0.0737 e. The van der Waals surface area contributed by atoms with Gasteiger partial charge in [-0.1, -0.05) is 23.7 Å². The second-order valence-corrected chi connectivity index (χ2v) is 8.76. The smallest absolute Gasteiger partial charge is 0.0737 e. The third-order valence-electron chi connectivity index (χ3n) is 5.75. The first-order valence-corrected chi connectivity index (χ1v) is 11.7. The summed E-state index contributed by atoms with van der Waals surface area (Å²) in [7, 11) is 0. The van der Waals surface area contributed by atoms with Crippen molar-refractivity contribution < 1.29 is 5.11 Å². The summed E-state index contributed by atoms with van der Waals surface area (Å²) in [5.41, 5.74) is 4.25. The Hall–Kier alpha value is -2.93. The summed E-state index contributed by atoms with van der Waals surface area (Å²) < 4.78 is 1.85. The standard InChI is InChI=1S/C26H30ClN5O/c1-20(30-25-11-13-28-26-18-22(27)7-10-24(25)26)4-2-14-31(16-17-33)19-21-5-8-23(9-6-21)32-15-3-12-29-32/h3,5-13,15,18,20,33H,2,4,14,16-17,19H2,1H3,(H,28,30). The van der Waals surface area contributed by atoms with Gasteiger partial charge >= 0.3 is 0 Å². The van der Waals surface area contributed by atoms with Gasteiger partial charge in [0, 0.05) is 53.8 Å². The fourth-order valence-electron chi connectivity index (χ4n) is 4.05. The molecule has 6 nitrogen and oxygen atoms in total. The van der Waals surface area contributed by atoms with E-state index < -0.39 is 0 Å². The van der Waals surface area contributed by atoms with Gasteiger partial charge in [0.2, 0.25) is 0 Å². The minimum Gasteiger partial charge on any atom is -0.395 e. The van der Waals surface area contributed by atoms with Crippen LogP contribution in [0.25, 0.3) is 16.6 Å². The van der Waals surface area contributed by atoms with Crippen LogP contribution in [-0.2, 0) is 6.54 Å². The zero-order chi connectivity index (χ0) is 23.0. The lowest BCUT2D eigenvalue weighted by molar-refractivity contribution is 0.187. The third kappa shape index (κ3) is 6.32. The minimum atomic E-state index is 0.157. The second-order valence-electron chi connectivity index (χ2n) is 8.32. The molecule has 0 aliphatic heterocycles. The molecule has 0 saturated heterocycles. The summed E-state index contributed by atoms with van der Waals surface area (Å²) in [6.07, 6.45) is 7.59. The first-order chi connectivity index (χ1) is 16.1. The molecule has 1 unspecified atom stereocenters. The van der Waals surface area contributed by atoms with E-state index in [1.54, 1.807) is 6.20 Å². The van der Waals surface area contributed by atoms with E-state index in [0.29, 0.717) is 17.6 Å². The van der Waals surface area contributed by atoms with Crippen LogP contribution in [0.5, 0.6) is 0 Å². The van der Waals surface area contributed by atoms with E-state index in [1.165, 1.54) is 5.56 Å². The van der Waals surface area contributed by atoms with Crippen molar-refractivity contribution in [3.05, 3.63) is 83.8 Å². The lowest BCUT2D eigenvalue weighted by Gasteiger charge is -2.23. The largest absolute Gasteiger partial charge is 0.395 e. The van der Waals surface area contributed by atoms with Crippen molar-refractivity contribution in [2.45, 2.75) is 32.4 Å². The van der Waals surface area contributed by atoms with Gasteiger partial charge in [-0.2, -0.15) is 5.10 Å². The SMILES string of the molecule is CC(CCCN(CCO)Cc1ccc(-n2cccn2)cc1)Nc1ccnc2cc(Cl)ccc12. The van der Waals surface area contributed by atoms with Crippen LogP contribution in [0.4, 0.5) is 5.69 Å². The van der Waals surface area contributed by atoms with Gasteiger partial charge in [0.05, 0.1) is 17.8 Å². The van der Waals surface area contributed by atoms with Crippen LogP contribution in [0.2, 0.25) is 5.02 Å². The Kier molecular flexibility index (Phi) is 7.94. The van der Waals surface area contributed by atoms with Gasteiger partial charge in [0.1, 0.15) is 0 Å². The van der Waals surface area contributed by atoms with Crippen LogP contribution < -0.4 is 5.32 Å². The highest BCUT2D eigenvalue weighted by atomic mass is 35.5. The molecule has 0 radical (unpaired) electrons. The summed E-state index contributed by atoms with van der Waals surface area (Å²) in [6.45, 7) is 4.77. The zero-order valence-electron chi connectivity index (χ0n) is 18.9. The normalized spacial score (nSPS) is 12.4. The molecule has 2 aromatic carbocycles. The minimum absolute atomic E-state index is 0.157. The monoisotopic (exact) mass is 463 g/mol. The molecule has 172 valence electrons. The van der Waals surface area contributed by atoms with E-state index in [-0.39, 0.29) is 6.61 Å². The molecular weight excluding hydrogens is 434 g/mol. The van der Waals surface area contributed by atoms with Crippen LogP contribution >= 0.6 is 11.6 Å². The predicted octanol–water partition coefficient (Wildman–Crippen LogP) is 5.15. The lowest BCUT2D eigenvalue weighted by Crippen LogP contribution is -2.28. The van der Waals surface area contributed by atoms with Crippen molar-refractivity contribution in [2.24, 2.45) is 0 Å². The molecule has 0 bridgehead atoms. The van der Waals surface area contributed by atoms with Crippen molar-refractivity contribution in [3.8, 4) is 5.69 Å². The van der Waals surface area contributed by atoms with Crippen LogP contribution in [0.3, 0.4) is 0 Å². The molecule has 2 heterocycles. The summed E-state index contributed by atoms with van der Waals surface area (Å²) in [6, 6.07) is 18.5. The van der Waals surface area contributed by atoms with Gasteiger partial charge < -0.3 is 10.4 Å². The Morgan fingerprint density at radius 1 is 1.09 bits per heavy atom. The molecule has 0 amide bonds. The Morgan fingerprint density at radius 3 is 2.70 bits per heavy atom. The number of pyridine rings is 1. The molecule has 2 N–H and O–H groups in total. The Balaban J connectivity index is 1.29. The van der Waals surface area contributed by atoms with Crippen molar-refractivity contribution in [3.63, 3.8) is 0 Å². The van der Waals surface area contributed by atoms with E-state index in [4.69, 9.17) is 11.6 Å². The van der Waals surface area contributed by atoms with Gasteiger partial charge in [-0.05, 0) is 74.3 Å². The predicted molar refractivity (Wildman–Crippen MR) is 135 cm³/mol. The number of hydrogen-bond donors (Lipinski definition) is 2. The number of aliphatic hydroxyl groups excluding tert-OH is 1. The number of halogens is 1. The number of aliphatic hydroxyl groups is 1. The molecule has 0 aliphatic carbocycles. The maximum atomic E-state index is 9.53. The fraction of sp³-hybridized carbons (Fsp3) is 0.308. The highest BCUT2D eigenvalue weighted by Crippen LogP contribution is 2.25. The summed E-state index contributed by atoms with van der Waals surface area (Å²) >= 11 is 6.10. The number of anilines is 1. The molecular formula is C26H30ClN5O. The van der Waals surface area contributed by atoms with Crippen molar-refractivity contribution >= 4 is 28.2 Å².